The van der Waals surface area contributed by atoms with Crippen LogP contribution in [0.1, 0.15) is 17.2 Å². The smallest absolute Gasteiger partial charge is 0.387 e. The molecule has 22 heavy (non-hydrogen) atoms. The van der Waals surface area contributed by atoms with Gasteiger partial charge in [-0.25, -0.2) is 4.39 Å². The Hall–Kier alpha value is -2.06. The van der Waals surface area contributed by atoms with Crippen molar-refractivity contribution in [1.29, 1.82) is 0 Å². The summed E-state index contributed by atoms with van der Waals surface area (Å²) in [7, 11) is 1.75. The van der Waals surface area contributed by atoms with E-state index < -0.39 is 24.3 Å². The Morgan fingerprint density at radius 3 is 2.77 bits per heavy atom. The topological polar surface area (TPSA) is 59.3 Å². The predicted molar refractivity (Wildman–Crippen MR) is 72.9 cm³/mol. The lowest BCUT2D eigenvalue weighted by Gasteiger charge is -2.11. The molecule has 0 saturated heterocycles. The van der Waals surface area contributed by atoms with E-state index in [-0.39, 0.29) is 13.1 Å². The van der Waals surface area contributed by atoms with Crippen molar-refractivity contribution < 1.29 is 23.0 Å². The van der Waals surface area contributed by atoms with Crippen molar-refractivity contribution >= 4 is 0 Å². The highest BCUT2D eigenvalue weighted by Gasteiger charge is 2.11. The summed E-state index contributed by atoms with van der Waals surface area (Å²) >= 11 is 0. The highest BCUT2D eigenvalue weighted by Crippen LogP contribution is 2.20. The van der Waals surface area contributed by atoms with E-state index in [1.807, 2.05) is 0 Å². The van der Waals surface area contributed by atoms with Gasteiger partial charge < -0.3 is 15.2 Å². The van der Waals surface area contributed by atoms with E-state index >= 15 is 0 Å². The fourth-order valence-electron chi connectivity index (χ4n) is 1.93. The highest BCUT2D eigenvalue weighted by molar-refractivity contribution is 5.29. The van der Waals surface area contributed by atoms with E-state index in [1.165, 1.54) is 6.07 Å². The van der Waals surface area contributed by atoms with Gasteiger partial charge in [0.2, 0.25) is 0 Å². The fourth-order valence-corrected chi connectivity index (χ4v) is 1.93. The van der Waals surface area contributed by atoms with E-state index in [0.29, 0.717) is 11.1 Å². The van der Waals surface area contributed by atoms with E-state index in [1.54, 1.807) is 24.1 Å². The normalized spacial score (nSPS) is 12.6. The van der Waals surface area contributed by atoms with Gasteiger partial charge in [-0.15, -0.1) is 0 Å². The summed E-state index contributed by atoms with van der Waals surface area (Å²) in [5, 5.41) is 16.8. The van der Waals surface area contributed by atoms with Crippen LogP contribution in [0.2, 0.25) is 0 Å². The van der Waals surface area contributed by atoms with Crippen LogP contribution in [0.3, 0.4) is 0 Å². The molecule has 0 unspecified atom stereocenters. The first-order valence-corrected chi connectivity index (χ1v) is 6.56. The number of nitrogens with zero attached hydrogens (tertiary/aromatic N) is 2. The van der Waals surface area contributed by atoms with Crippen LogP contribution in [0.4, 0.5) is 13.2 Å². The monoisotopic (exact) mass is 315 g/mol. The minimum atomic E-state index is -3.06. The number of rotatable bonds is 7. The number of aromatic nitrogens is 2. The van der Waals surface area contributed by atoms with Crippen molar-refractivity contribution in [2.75, 3.05) is 6.54 Å². The molecule has 0 radical (unpaired) electrons. The summed E-state index contributed by atoms with van der Waals surface area (Å²) in [6, 6.07) is 3.74. The van der Waals surface area contributed by atoms with E-state index in [0.717, 1.165) is 12.1 Å². The van der Waals surface area contributed by atoms with E-state index in [2.05, 4.69) is 15.2 Å². The first-order valence-electron chi connectivity index (χ1n) is 6.56. The van der Waals surface area contributed by atoms with Crippen molar-refractivity contribution in [2.45, 2.75) is 19.3 Å². The molecule has 0 aliphatic rings. The summed E-state index contributed by atoms with van der Waals surface area (Å²) in [5.41, 5.74) is 1.22. The summed E-state index contributed by atoms with van der Waals surface area (Å²) in [6.45, 7) is -2.53. The number of nitrogens with one attached hydrogen (secondary N) is 1. The Bertz CT molecular complexity index is 619. The minimum Gasteiger partial charge on any atom is -0.432 e. The molecule has 0 bridgehead atoms. The molecule has 0 fully saturated rings. The molecular formula is C14H16F3N3O2. The summed E-state index contributed by atoms with van der Waals surface area (Å²) in [6.07, 6.45) is 2.52. The summed E-state index contributed by atoms with van der Waals surface area (Å²) in [5.74, 6) is -1.35. The maximum absolute atomic E-state index is 13.5. The van der Waals surface area contributed by atoms with Gasteiger partial charge in [0.1, 0.15) is 0 Å². The SMILES string of the molecule is Cn1cc([C@@H](O)CNCc2ccc(OC(F)F)c(F)c2)cn1. The standard InChI is InChI=1S/C14H16F3N3O2/c1-20-8-10(6-19-20)12(21)7-18-5-9-2-3-13(11(15)4-9)22-14(16)17/h2-4,6,8,12,14,18,21H,5,7H2,1H3/t12-/m0/s1. The zero-order valence-corrected chi connectivity index (χ0v) is 11.8. The van der Waals surface area contributed by atoms with Crippen LogP contribution < -0.4 is 10.1 Å². The molecule has 0 spiro atoms. The second kappa shape index (κ2) is 7.28. The Labute approximate surface area is 125 Å². The molecular weight excluding hydrogens is 299 g/mol. The van der Waals surface area contributed by atoms with Crippen molar-refractivity contribution in [3.05, 3.63) is 47.5 Å². The number of hydrogen-bond donors (Lipinski definition) is 2. The molecule has 5 nitrogen and oxygen atoms in total. The number of hydrogen-bond acceptors (Lipinski definition) is 4. The largest absolute Gasteiger partial charge is 0.432 e. The number of aliphatic hydroxyl groups excluding tert-OH is 1. The molecule has 8 heteroatoms. The van der Waals surface area contributed by atoms with Crippen molar-refractivity contribution in [3.63, 3.8) is 0 Å². The van der Waals surface area contributed by atoms with Gasteiger partial charge in [-0.3, -0.25) is 4.68 Å². The van der Waals surface area contributed by atoms with Crippen LogP contribution in [-0.4, -0.2) is 28.0 Å². The number of halogens is 3. The molecule has 2 rings (SSSR count). The number of aliphatic hydroxyl groups is 1. The predicted octanol–water partition coefficient (Wildman–Crippen LogP) is 1.98. The molecule has 1 aromatic carbocycles. The molecule has 0 aliphatic carbocycles. The van der Waals surface area contributed by atoms with Gasteiger partial charge in [0.15, 0.2) is 11.6 Å². The molecule has 2 N–H and O–H groups in total. The van der Waals surface area contributed by atoms with Gasteiger partial charge in [0, 0.05) is 31.9 Å². The van der Waals surface area contributed by atoms with Crippen molar-refractivity contribution in [1.82, 2.24) is 15.1 Å². The Balaban J connectivity index is 1.85. The third kappa shape index (κ3) is 4.47. The minimum absolute atomic E-state index is 0.253. The fraction of sp³-hybridized carbons (Fsp3) is 0.357. The zero-order chi connectivity index (χ0) is 16.1. The Kier molecular flexibility index (Phi) is 5.40. The number of ether oxygens (including phenoxy) is 1. The van der Waals surface area contributed by atoms with Crippen molar-refractivity contribution in [3.8, 4) is 5.75 Å². The van der Waals surface area contributed by atoms with Gasteiger partial charge >= 0.3 is 6.61 Å². The molecule has 1 atom stereocenters. The van der Waals surface area contributed by atoms with Crippen molar-refractivity contribution in [2.24, 2.45) is 7.05 Å². The molecule has 0 saturated carbocycles. The lowest BCUT2D eigenvalue weighted by atomic mass is 10.2. The van der Waals surface area contributed by atoms with E-state index in [9.17, 15) is 18.3 Å². The van der Waals surface area contributed by atoms with Crippen LogP contribution >= 0.6 is 0 Å². The second-order valence-electron chi connectivity index (χ2n) is 4.74. The Morgan fingerprint density at radius 1 is 1.41 bits per heavy atom. The lowest BCUT2D eigenvalue weighted by Crippen LogP contribution is -2.21. The van der Waals surface area contributed by atoms with Gasteiger partial charge in [0.25, 0.3) is 0 Å². The van der Waals surface area contributed by atoms with Crippen LogP contribution in [0.5, 0.6) is 5.75 Å². The third-order valence-electron chi connectivity index (χ3n) is 2.99. The first kappa shape index (κ1) is 16.3. The first-order chi connectivity index (χ1) is 10.5. The summed E-state index contributed by atoms with van der Waals surface area (Å²) in [4.78, 5) is 0. The van der Waals surface area contributed by atoms with Crippen LogP contribution in [0.25, 0.3) is 0 Å². The average Bonchev–Trinajstić information content (AvgIpc) is 2.88. The van der Waals surface area contributed by atoms with E-state index in [4.69, 9.17) is 0 Å². The zero-order valence-electron chi connectivity index (χ0n) is 11.8. The molecule has 0 amide bonds. The average molecular weight is 315 g/mol. The van der Waals surface area contributed by atoms with Gasteiger partial charge in [-0.05, 0) is 17.7 Å². The Morgan fingerprint density at radius 2 is 2.18 bits per heavy atom. The quantitative estimate of drug-likeness (QED) is 0.820. The molecule has 0 aliphatic heterocycles. The molecule has 2 aromatic rings. The highest BCUT2D eigenvalue weighted by atomic mass is 19.3. The van der Waals surface area contributed by atoms with Gasteiger partial charge in [0.05, 0.1) is 12.3 Å². The maximum Gasteiger partial charge on any atom is 0.387 e. The molecule has 1 heterocycles. The second-order valence-corrected chi connectivity index (χ2v) is 4.74. The maximum atomic E-state index is 13.5. The van der Waals surface area contributed by atoms with Crippen LogP contribution in [0.15, 0.2) is 30.6 Å². The molecule has 120 valence electrons. The number of aryl methyl sites for hydroxylation is 1. The van der Waals surface area contributed by atoms with Crippen LogP contribution in [0, 0.1) is 5.82 Å². The number of benzene rings is 1. The lowest BCUT2D eigenvalue weighted by molar-refractivity contribution is -0.0522. The summed E-state index contributed by atoms with van der Waals surface area (Å²) < 4.78 is 43.2. The van der Waals surface area contributed by atoms with Crippen LogP contribution in [-0.2, 0) is 13.6 Å². The third-order valence-corrected chi connectivity index (χ3v) is 2.99. The van der Waals surface area contributed by atoms with Gasteiger partial charge in [-0.1, -0.05) is 6.07 Å². The number of alkyl halides is 2. The molecule has 1 aromatic heterocycles. The van der Waals surface area contributed by atoms with Gasteiger partial charge in [-0.2, -0.15) is 13.9 Å².